The minimum Gasteiger partial charge on any atom is -0.493 e. The molecule has 2 N–H and O–H groups in total. The van der Waals surface area contributed by atoms with Gasteiger partial charge in [-0.1, -0.05) is 30.3 Å². The van der Waals surface area contributed by atoms with Gasteiger partial charge in [-0.25, -0.2) is 0 Å². The molecule has 1 aromatic heterocycles. The molecule has 0 radical (unpaired) electrons. The minimum atomic E-state index is -0.405. The van der Waals surface area contributed by atoms with Crippen molar-refractivity contribution in [1.82, 2.24) is 9.97 Å². The summed E-state index contributed by atoms with van der Waals surface area (Å²) in [6, 6.07) is 11.0. The van der Waals surface area contributed by atoms with Crippen LogP contribution >= 0.6 is 0 Å². The van der Waals surface area contributed by atoms with E-state index in [1.54, 1.807) is 0 Å². The molecule has 0 saturated carbocycles. The summed E-state index contributed by atoms with van der Waals surface area (Å²) >= 11 is 0. The average molecular weight is 272 g/mol. The van der Waals surface area contributed by atoms with E-state index >= 15 is 0 Å². The lowest BCUT2D eigenvalue weighted by Crippen LogP contribution is -2.38. The Kier molecular flexibility index (Phi) is 3.28. The molecule has 2 heterocycles. The Morgan fingerprint density at radius 1 is 1.20 bits per heavy atom. The monoisotopic (exact) mass is 272 g/mol. The summed E-state index contributed by atoms with van der Waals surface area (Å²) in [4.78, 5) is 18.6. The van der Waals surface area contributed by atoms with E-state index in [0.717, 1.165) is 24.5 Å². The third kappa shape index (κ3) is 2.20. The van der Waals surface area contributed by atoms with Crippen LogP contribution in [-0.4, -0.2) is 28.3 Å². The fraction of sp³-hybridized carbons (Fsp3) is 0.333. The van der Waals surface area contributed by atoms with Gasteiger partial charge in [-0.2, -0.15) is 4.98 Å². The fourth-order valence-electron chi connectivity index (χ4n) is 2.81. The van der Waals surface area contributed by atoms with Crippen LogP contribution < -0.4 is 5.56 Å². The summed E-state index contributed by atoms with van der Waals surface area (Å²) in [7, 11) is 0. The predicted octanol–water partition coefficient (Wildman–Crippen LogP) is 1.57. The summed E-state index contributed by atoms with van der Waals surface area (Å²) in [6.07, 6.45) is 1.45. The highest BCUT2D eigenvalue weighted by atomic mass is 16.5. The van der Waals surface area contributed by atoms with Crippen molar-refractivity contribution in [2.24, 2.45) is 0 Å². The minimum absolute atomic E-state index is 0.245. The third-order valence-electron chi connectivity index (χ3n) is 3.85. The highest BCUT2D eigenvalue weighted by Crippen LogP contribution is 2.39. The molecule has 5 heteroatoms. The molecule has 1 aromatic carbocycles. The second-order valence-electron chi connectivity index (χ2n) is 5.01. The van der Waals surface area contributed by atoms with Gasteiger partial charge in [0.1, 0.15) is 5.82 Å². The summed E-state index contributed by atoms with van der Waals surface area (Å²) in [5.74, 6) is 0.266. The van der Waals surface area contributed by atoms with E-state index < -0.39 is 5.41 Å². The number of rotatable bonds is 2. The van der Waals surface area contributed by atoms with Gasteiger partial charge in [0.15, 0.2) is 0 Å². The van der Waals surface area contributed by atoms with E-state index in [0.29, 0.717) is 19.0 Å². The molecule has 104 valence electrons. The maximum Gasteiger partial charge on any atom is 0.254 e. The SMILES string of the molecule is O=c1cc(O)nc(C2(c3ccccc3)CCOCC2)[nH]1. The van der Waals surface area contributed by atoms with Crippen molar-refractivity contribution in [3.8, 4) is 5.88 Å². The Bertz CT molecular complexity index is 646. The lowest BCUT2D eigenvalue weighted by atomic mass is 9.73. The molecule has 2 aromatic rings. The second kappa shape index (κ2) is 5.09. The van der Waals surface area contributed by atoms with E-state index in [1.165, 1.54) is 0 Å². The van der Waals surface area contributed by atoms with Gasteiger partial charge in [0, 0.05) is 13.2 Å². The Hall–Kier alpha value is -2.14. The maximum absolute atomic E-state index is 11.6. The van der Waals surface area contributed by atoms with E-state index in [-0.39, 0.29) is 11.4 Å². The molecule has 1 aliphatic heterocycles. The Morgan fingerprint density at radius 2 is 1.90 bits per heavy atom. The first-order valence-corrected chi connectivity index (χ1v) is 6.65. The Labute approximate surface area is 116 Å². The highest BCUT2D eigenvalue weighted by molar-refractivity contribution is 5.34. The van der Waals surface area contributed by atoms with Crippen LogP contribution in [0.2, 0.25) is 0 Å². The normalized spacial score (nSPS) is 17.8. The van der Waals surface area contributed by atoms with Gasteiger partial charge in [0.25, 0.3) is 5.56 Å². The molecule has 0 unspecified atom stereocenters. The first kappa shape index (κ1) is 12.9. The number of aromatic hydroxyl groups is 1. The van der Waals surface area contributed by atoms with Crippen LogP contribution in [0.1, 0.15) is 24.2 Å². The summed E-state index contributed by atoms with van der Waals surface area (Å²) < 4.78 is 5.45. The topological polar surface area (TPSA) is 75.2 Å². The van der Waals surface area contributed by atoms with Crippen molar-refractivity contribution in [1.29, 1.82) is 0 Å². The molecule has 0 spiro atoms. The molecule has 20 heavy (non-hydrogen) atoms. The number of aromatic nitrogens is 2. The lowest BCUT2D eigenvalue weighted by molar-refractivity contribution is 0.0602. The Balaban J connectivity index is 2.17. The summed E-state index contributed by atoms with van der Waals surface area (Å²) in [5, 5.41) is 9.62. The zero-order chi connectivity index (χ0) is 14.0. The van der Waals surface area contributed by atoms with Gasteiger partial charge in [-0.15, -0.1) is 0 Å². The molecule has 5 nitrogen and oxygen atoms in total. The number of aromatic amines is 1. The number of ether oxygens (including phenoxy) is 1. The smallest absolute Gasteiger partial charge is 0.254 e. The van der Waals surface area contributed by atoms with E-state index in [4.69, 9.17) is 4.74 Å². The number of benzene rings is 1. The van der Waals surface area contributed by atoms with Crippen LogP contribution in [0.3, 0.4) is 0 Å². The molecule has 3 rings (SSSR count). The molecular formula is C15H16N2O3. The van der Waals surface area contributed by atoms with Gasteiger partial charge in [-0.05, 0) is 18.4 Å². The zero-order valence-electron chi connectivity index (χ0n) is 11.0. The van der Waals surface area contributed by atoms with Crippen molar-refractivity contribution >= 4 is 0 Å². The van der Waals surface area contributed by atoms with Crippen LogP contribution in [0.5, 0.6) is 5.88 Å². The molecular weight excluding hydrogens is 256 g/mol. The lowest BCUT2D eigenvalue weighted by Gasteiger charge is -2.36. The first-order valence-electron chi connectivity index (χ1n) is 6.65. The molecule has 1 saturated heterocycles. The third-order valence-corrected chi connectivity index (χ3v) is 3.85. The van der Waals surface area contributed by atoms with Crippen molar-refractivity contribution in [2.75, 3.05) is 13.2 Å². The van der Waals surface area contributed by atoms with Crippen molar-refractivity contribution in [3.63, 3.8) is 0 Å². The van der Waals surface area contributed by atoms with Crippen molar-refractivity contribution in [2.45, 2.75) is 18.3 Å². The van der Waals surface area contributed by atoms with Gasteiger partial charge in [0.05, 0.1) is 11.5 Å². The predicted molar refractivity (Wildman–Crippen MR) is 73.8 cm³/mol. The summed E-state index contributed by atoms with van der Waals surface area (Å²) in [6.45, 7) is 1.21. The fourth-order valence-corrected chi connectivity index (χ4v) is 2.81. The average Bonchev–Trinajstić information content (AvgIpc) is 2.48. The molecule has 0 aliphatic carbocycles. The van der Waals surface area contributed by atoms with Crippen LogP contribution in [0.4, 0.5) is 0 Å². The largest absolute Gasteiger partial charge is 0.493 e. The van der Waals surface area contributed by atoms with E-state index in [2.05, 4.69) is 9.97 Å². The zero-order valence-corrected chi connectivity index (χ0v) is 11.0. The van der Waals surface area contributed by atoms with Crippen LogP contribution in [0, 0.1) is 0 Å². The number of nitrogens with zero attached hydrogens (tertiary/aromatic N) is 1. The van der Waals surface area contributed by atoms with Gasteiger partial charge >= 0.3 is 0 Å². The number of H-pyrrole nitrogens is 1. The second-order valence-corrected chi connectivity index (χ2v) is 5.01. The van der Waals surface area contributed by atoms with Gasteiger partial charge < -0.3 is 14.8 Å². The summed E-state index contributed by atoms with van der Waals surface area (Å²) in [5.41, 5.74) is 0.337. The molecule has 1 fully saturated rings. The van der Waals surface area contributed by atoms with Crippen molar-refractivity contribution < 1.29 is 9.84 Å². The van der Waals surface area contributed by atoms with Gasteiger partial charge in [0.2, 0.25) is 5.88 Å². The van der Waals surface area contributed by atoms with Crippen LogP contribution in [-0.2, 0) is 10.2 Å². The van der Waals surface area contributed by atoms with Crippen LogP contribution in [0.15, 0.2) is 41.2 Å². The first-order chi connectivity index (χ1) is 9.71. The standard InChI is InChI=1S/C15H16N2O3/c18-12-10-13(19)17-14(16-12)15(6-8-20-9-7-15)11-4-2-1-3-5-11/h1-5,10H,6-9H2,(H2,16,17,18,19). The van der Waals surface area contributed by atoms with E-state index in [9.17, 15) is 9.90 Å². The van der Waals surface area contributed by atoms with E-state index in [1.807, 2.05) is 30.3 Å². The van der Waals surface area contributed by atoms with Crippen molar-refractivity contribution in [3.05, 3.63) is 58.1 Å². The number of hydrogen-bond donors (Lipinski definition) is 2. The number of hydrogen-bond acceptors (Lipinski definition) is 4. The quantitative estimate of drug-likeness (QED) is 0.870. The molecule has 1 aliphatic rings. The number of nitrogens with one attached hydrogen (secondary N) is 1. The highest BCUT2D eigenvalue weighted by Gasteiger charge is 2.38. The molecule has 0 atom stereocenters. The Morgan fingerprint density at radius 3 is 2.55 bits per heavy atom. The van der Waals surface area contributed by atoms with Gasteiger partial charge in [-0.3, -0.25) is 4.79 Å². The van der Waals surface area contributed by atoms with Crippen LogP contribution in [0.25, 0.3) is 0 Å². The molecule has 0 bridgehead atoms. The maximum atomic E-state index is 11.6. The molecule has 0 amide bonds.